The van der Waals surface area contributed by atoms with Gasteiger partial charge in [-0.05, 0) is 54.4 Å². The molecule has 0 aliphatic rings. The van der Waals surface area contributed by atoms with Gasteiger partial charge in [-0.2, -0.15) is 10.2 Å². The normalized spacial score (nSPS) is 11.3. The average molecular weight is 423 g/mol. The van der Waals surface area contributed by atoms with Crippen molar-refractivity contribution in [2.75, 3.05) is 5.32 Å². The molecule has 4 aromatic rings. The molecule has 2 heterocycles. The second-order valence-corrected chi connectivity index (χ2v) is 7.35. The number of hydrogen-bond acceptors (Lipinski definition) is 4. The van der Waals surface area contributed by atoms with E-state index < -0.39 is 23.1 Å². The van der Waals surface area contributed by atoms with Crippen molar-refractivity contribution in [1.82, 2.24) is 19.6 Å². The number of benzene rings is 2. The number of anilines is 1. The van der Waals surface area contributed by atoms with Gasteiger partial charge in [0.05, 0.1) is 17.6 Å². The van der Waals surface area contributed by atoms with E-state index in [2.05, 4.69) is 15.5 Å². The molecule has 31 heavy (non-hydrogen) atoms. The van der Waals surface area contributed by atoms with Crippen LogP contribution in [0.3, 0.4) is 0 Å². The predicted molar refractivity (Wildman–Crippen MR) is 112 cm³/mol. The Hall–Kier alpha value is -3.88. The van der Waals surface area contributed by atoms with Gasteiger partial charge in [-0.3, -0.25) is 9.59 Å². The number of carbonyl (C=O) groups is 1. The van der Waals surface area contributed by atoms with E-state index in [1.54, 1.807) is 6.20 Å². The van der Waals surface area contributed by atoms with E-state index in [1.165, 1.54) is 53.2 Å². The van der Waals surface area contributed by atoms with E-state index >= 15 is 0 Å². The molecule has 0 spiro atoms. The van der Waals surface area contributed by atoms with E-state index in [0.717, 1.165) is 4.68 Å². The van der Waals surface area contributed by atoms with E-state index in [-0.39, 0.29) is 18.0 Å². The summed E-state index contributed by atoms with van der Waals surface area (Å²) in [4.78, 5) is 25.7. The number of fused-ring (bicyclic) bond motifs is 1. The lowest BCUT2D eigenvalue weighted by atomic mass is 10.1. The highest BCUT2D eigenvalue weighted by Gasteiger charge is 2.20. The quantitative estimate of drug-likeness (QED) is 0.532. The molecule has 0 radical (unpaired) electrons. The fraction of sp³-hybridized carbons (Fsp3) is 0.182. The summed E-state index contributed by atoms with van der Waals surface area (Å²) < 4.78 is 28.9. The number of amides is 1. The number of aromatic nitrogens is 4. The summed E-state index contributed by atoms with van der Waals surface area (Å²) in [5.41, 5.74) is 1.27. The van der Waals surface area contributed by atoms with Crippen LogP contribution in [0.5, 0.6) is 0 Å². The fourth-order valence-corrected chi connectivity index (χ4v) is 3.27. The van der Waals surface area contributed by atoms with Crippen molar-refractivity contribution in [1.29, 1.82) is 0 Å². The van der Waals surface area contributed by atoms with Crippen LogP contribution in [0.15, 0.2) is 59.5 Å². The molecule has 4 rings (SSSR count). The standard InChI is InChI=1S/C22H19F2N5O2/c1-13(2)20-18-11-25-29(17-9-5-15(24)6-10-17)21(18)22(31)28(27-20)12-19(30)26-16-7-3-14(23)4-8-16/h3-11,13H,12H2,1-2H3,(H,26,30). The highest BCUT2D eigenvalue weighted by molar-refractivity contribution is 5.90. The maximum Gasteiger partial charge on any atom is 0.293 e. The molecular weight excluding hydrogens is 404 g/mol. The molecule has 0 fully saturated rings. The Bertz CT molecular complexity index is 1310. The van der Waals surface area contributed by atoms with Crippen molar-refractivity contribution in [3.05, 3.63) is 82.4 Å². The van der Waals surface area contributed by atoms with Crippen molar-refractivity contribution in [3.8, 4) is 5.69 Å². The van der Waals surface area contributed by atoms with Crippen molar-refractivity contribution in [2.24, 2.45) is 0 Å². The number of hydrogen-bond donors (Lipinski definition) is 1. The van der Waals surface area contributed by atoms with Crippen molar-refractivity contribution in [3.63, 3.8) is 0 Å². The number of nitrogens with one attached hydrogen (secondary N) is 1. The van der Waals surface area contributed by atoms with Crippen molar-refractivity contribution >= 4 is 22.5 Å². The van der Waals surface area contributed by atoms with Gasteiger partial charge in [0.2, 0.25) is 5.91 Å². The van der Waals surface area contributed by atoms with Crippen LogP contribution in [-0.4, -0.2) is 25.5 Å². The summed E-state index contributed by atoms with van der Waals surface area (Å²) in [6.07, 6.45) is 1.55. The Morgan fingerprint density at radius 3 is 2.26 bits per heavy atom. The van der Waals surface area contributed by atoms with Crippen LogP contribution >= 0.6 is 0 Å². The highest BCUT2D eigenvalue weighted by atomic mass is 19.1. The Labute approximate surface area is 175 Å². The summed E-state index contributed by atoms with van der Waals surface area (Å²) in [5.74, 6) is -1.35. The second kappa shape index (κ2) is 8.10. The molecule has 2 aromatic carbocycles. The van der Waals surface area contributed by atoms with Gasteiger partial charge in [0.1, 0.15) is 23.7 Å². The Kier molecular flexibility index (Phi) is 5.33. The number of halogens is 2. The molecular formula is C22H19F2N5O2. The van der Waals surface area contributed by atoms with E-state index in [4.69, 9.17) is 0 Å². The third-order valence-corrected chi connectivity index (χ3v) is 4.75. The van der Waals surface area contributed by atoms with E-state index in [9.17, 15) is 18.4 Å². The fourth-order valence-electron chi connectivity index (χ4n) is 3.27. The zero-order chi connectivity index (χ0) is 22.1. The molecule has 0 unspecified atom stereocenters. The van der Waals surface area contributed by atoms with Gasteiger partial charge in [0.15, 0.2) is 0 Å². The van der Waals surface area contributed by atoms with Gasteiger partial charge < -0.3 is 5.32 Å². The molecule has 1 N–H and O–H groups in total. The zero-order valence-corrected chi connectivity index (χ0v) is 16.8. The lowest BCUT2D eigenvalue weighted by molar-refractivity contribution is -0.117. The molecule has 2 aromatic heterocycles. The third kappa shape index (κ3) is 4.07. The number of carbonyl (C=O) groups excluding carboxylic acids is 1. The van der Waals surface area contributed by atoms with Crippen LogP contribution < -0.4 is 10.9 Å². The zero-order valence-electron chi connectivity index (χ0n) is 16.8. The molecule has 1 amide bonds. The minimum absolute atomic E-state index is 0.0413. The maximum atomic E-state index is 13.3. The first-order valence-electron chi connectivity index (χ1n) is 9.63. The van der Waals surface area contributed by atoms with Crippen LogP contribution in [-0.2, 0) is 11.3 Å². The summed E-state index contributed by atoms with van der Waals surface area (Å²) in [6, 6.07) is 10.9. The van der Waals surface area contributed by atoms with E-state index in [0.29, 0.717) is 22.5 Å². The Morgan fingerprint density at radius 2 is 1.65 bits per heavy atom. The van der Waals surface area contributed by atoms with Gasteiger partial charge >= 0.3 is 0 Å². The first-order chi connectivity index (χ1) is 14.8. The Morgan fingerprint density at radius 1 is 1.03 bits per heavy atom. The lowest BCUT2D eigenvalue weighted by Gasteiger charge is -2.12. The minimum Gasteiger partial charge on any atom is -0.324 e. The molecule has 0 atom stereocenters. The van der Waals surface area contributed by atoms with Gasteiger partial charge in [-0.15, -0.1) is 0 Å². The molecule has 0 bridgehead atoms. The number of nitrogens with zero attached hydrogens (tertiary/aromatic N) is 4. The lowest BCUT2D eigenvalue weighted by Crippen LogP contribution is -2.31. The molecule has 0 aliphatic heterocycles. The maximum absolute atomic E-state index is 13.3. The van der Waals surface area contributed by atoms with Crippen LogP contribution in [0, 0.1) is 11.6 Å². The molecule has 9 heteroatoms. The second-order valence-electron chi connectivity index (χ2n) is 7.35. The van der Waals surface area contributed by atoms with Crippen LogP contribution in [0.4, 0.5) is 14.5 Å². The van der Waals surface area contributed by atoms with Crippen LogP contribution in [0.25, 0.3) is 16.6 Å². The third-order valence-electron chi connectivity index (χ3n) is 4.75. The molecule has 7 nitrogen and oxygen atoms in total. The summed E-state index contributed by atoms with van der Waals surface area (Å²) in [5, 5.41) is 11.9. The van der Waals surface area contributed by atoms with Gasteiger partial charge in [-0.25, -0.2) is 18.1 Å². The molecule has 0 saturated carbocycles. The first kappa shape index (κ1) is 20.4. The average Bonchev–Trinajstić information content (AvgIpc) is 3.17. The first-order valence-corrected chi connectivity index (χ1v) is 9.63. The van der Waals surface area contributed by atoms with Crippen molar-refractivity contribution < 1.29 is 13.6 Å². The number of rotatable bonds is 5. The Balaban J connectivity index is 1.76. The minimum atomic E-state index is -0.504. The van der Waals surface area contributed by atoms with Gasteiger partial charge in [-0.1, -0.05) is 13.8 Å². The van der Waals surface area contributed by atoms with Crippen molar-refractivity contribution in [2.45, 2.75) is 26.3 Å². The molecule has 158 valence electrons. The topological polar surface area (TPSA) is 81.8 Å². The van der Waals surface area contributed by atoms with Gasteiger partial charge in [0, 0.05) is 11.1 Å². The summed E-state index contributed by atoms with van der Waals surface area (Å²) in [7, 11) is 0. The molecule has 0 aliphatic carbocycles. The SMILES string of the molecule is CC(C)c1nn(CC(=O)Nc2ccc(F)cc2)c(=O)c2c1cnn2-c1ccc(F)cc1. The molecule has 0 saturated heterocycles. The predicted octanol–water partition coefficient (Wildman–Crippen LogP) is 3.62. The van der Waals surface area contributed by atoms with Gasteiger partial charge in [0.25, 0.3) is 5.56 Å². The largest absolute Gasteiger partial charge is 0.324 e. The summed E-state index contributed by atoms with van der Waals surface area (Å²) >= 11 is 0. The highest BCUT2D eigenvalue weighted by Crippen LogP contribution is 2.23. The van der Waals surface area contributed by atoms with Crippen LogP contribution in [0.1, 0.15) is 25.5 Å². The van der Waals surface area contributed by atoms with E-state index in [1.807, 2.05) is 13.8 Å². The smallest absolute Gasteiger partial charge is 0.293 e. The monoisotopic (exact) mass is 423 g/mol. The summed E-state index contributed by atoms with van der Waals surface area (Å²) in [6.45, 7) is 3.51. The van der Waals surface area contributed by atoms with Crippen LogP contribution in [0.2, 0.25) is 0 Å².